The highest BCUT2D eigenvalue weighted by atomic mass is 32.1. The molecule has 0 spiro atoms. The number of esters is 5. The van der Waals surface area contributed by atoms with Gasteiger partial charge in [0.05, 0.1) is 30.3 Å². The fourth-order valence-electron chi connectivity index (χ4n) is 8.96. The molecule has 0 aromatic heterocycles. The summed E-state index contributed by atoms with van der Waals surface area (Å²) in [6.07, 6.45) is 23.7. The zero-order chi connectivity index (χ0) is 54.5. The molecule has 0 N–H and O–H groups in total. The monoisotopic (exact) mass is 1050 g/mol. The molecule has 13 heteroatoms. The first-order valence-corrected chi connectivity index (χ1v) is 30.5. The minimum Gasteiger partial charge on any atom is -0.460 e. The molecule has 73 heavy (non-hydrogen) atoms. The van der Waals surface area contributed by atoms with E-state index in [1.165, 1.54) is 39.2 Å². The van der Waals surface area contributed by atoms with Crippen LogP contribution in [0.25, 0.3) is 0 Å². The lowest BCUT2D eigenvalue weighted by atomic mass is 9.95. The smallest absolute Gasteiger partial charge is 0.351 e. The number of ketones is 1. The highest BCUT2D eigenvalue weighted by molar-refractivity contribution is 7.80. The van der Waals surface area contributed by atoms with E-state index in [1.807, 2.05) is 0 Å². The predicted octanol–water partition coefficient (Wildman–Crippen LogP) is 15.2. The van der Waals surface area contributed by atoms with Crippen LogP contribution < -0.4 is 0 Å². The molecule has 12 nitrogen and oxygen atoms in total. The van der Waals surface area contributed by atoms with Crippen molar-refractivity contribution >= 4 is 48.3 Å². The van der Waals surface area contributed by atoms with Crippen molar-refractivity contribution < 1.29 is 57.2 Å². The molecular weight excluding hydrogens is 945 g/mol. The van der Waals surface area contributed by atoms with Crippen molar-refractivity contribution in [3.63, 3.8) is 0 Å². The Bertz CT molecular complexity index is 1410. The Morgan fingerprint density at radius 1 is 0.356 bits per heavy atom. The number of Topliss-reactive ketones (excluding diaryl/α,β-unsaturated/α-hetero) is 1. The Balaban J connectivity index is 7.53. The molecule has 0 rings (SSSR count). The van der Waals surface area contributed by atoms with Crippen LogP contribution >= 0.6 is 12.6 Å². The minimum absolute atomic E-state index is 0.00854. The molecule has 0 amide bonds. The first-order valence-electron chi connectivity index (χ1n) is 29.8. The van der Waals surface area contributed by atoms with Gasteiger partial charge in [-0.3, -0.25) is 24.0 Å². The molecule has 0 aromatic rings. The van der Waals surface area contributed by atoms with Gasteiger partial charge in [-0.2, -0.15) is 12.6 Å². The summed E-state index contributed by atoms with van der Waals surface area (Å²) in [7, 11) is 1.45. The van der Waals surface area contributed by atoms with Gasteiger partial charge in [-0.25, -0.2) is 4.79 Å². The van der Waals surface area contributed by atoms with E-state index in [2.05, 4.69) is 40.3 Å². The van der Waals surface area contributed by atoms with Gasteiger partial charge < -0.3 is 28.4 Å². The predicted molar refractivity (Wildman–Crippen MR) is 298 cm³/mol. The van der Waals surface area contributed by atoms with Crippen molar-refractivity contribution in [1.82, 2.24) is 0 Å². The summed E-state index contributed by atoms with van der Waals surface area (Å²) >= 11 is 4.37. The number of hydrogen-bond acceptors (Lipinski definition) is 13. The molecule has 0 aliphatic carbocycles. The molecule has 0 saturated carbocycles. The Hall–Kier alpha value is -2.67. The van der Waals surface area contributed by atoms with Gasteiger partial charge in [-0.1, -0.05) is 235 Å². The van der Waals surface area contributed by atoms with Crippen molar-refractivity contribution in [2.24, 2.45) is 23.7 Å². The summed E-state index contributed by atoms with van der Waals surface area (Å²) in [4.78, 5) is 86.5. The fraction of sp³-hybridized carbons (Fsp3) is 0.900. The van der Waals surface area contributed by atoms with Gasteiger partial charge in [0, 0.05) is 13.5 Å². The molecule has 8 atom stereocenters. The van der Waals surface area contributed by atoms with E-state index in [4.69, 9.17) is 28.4 Å². The first kappa shape index (κ1) is 70.3. The maximum Gasteiger partial charge on any atom is 0.351 e. The number of rotatable bonds is 51. The molecule has 0 aromatic carbocycles. The van der Waals surface area contributed by atoms with E-state index >= 15 is 0 Å². The summed E-state index contributed by atoms with van der Waals surface area (Å²) in [6.45, 7) is 15.4. The molecule has 0 heterocycles. The van der Waals surface area contributed by atoms with Crippen molar-refractivity contribution in [3.8, 4) is 0 Å². The zero-order valence-electron chi connectivity index (χ0n) is 48.1. The first-order chi connectivity index (χ1) is 35.2. The largest absolute Gasteiger partial charge is 0.460 e. The average Bonchev–Trinajstić information content (AvgIpc) is 3.38. The lowest BCUT2D eigenvalue weighted by Gasteiger charge is -2.36. The molecule has 0 bridgehead atoms. The highest BCUT2D eigenvalue weighted by Gasteiger charge is 2.51. The van der Waals surface area contributed by atoms with E-state index in [0.717, 1.165) is 148 Å². The van der Waals surface area contributed by atoms with Crippen molar-refractivity contribution in [3.05, 3.63) is 0 Å². The van der Waals surface area contributed by atoms with E-state index in [9.17, 15) is 28.8 Å². The summed E-state index contributed by atoms with van der Waals surface area (Å²) in [6, 6.07) is 0. The Labute approximate surface area is 451 Å². The lowest BCUT2D eigenvalue weighted by molar-refractivity contribution is -0.211. The number of unbranched alkanes of at least 4 members (excludes halogenated alkanes) is 24. The van der Waals surface area contributed by atoms with Crippen LogP contribution in [-0.2, 0) is 57.2 Å². The average molecular weight is 1060 g/mol. The van der Waals surface area contributed by atoms with Crippen molar-refractivity contribution in [2.45, 2.75) is 298 Å². The van der Waals surface area contributed by atoms with Crippen LogP contribution in [0.2, 0.25) is 0 Å². The molecule has 428 valence electrons. The molecule has 0 fully saturated rings. The van der Waals surface area contributed by atoms with Crippen LogP contribution in [0, 0.1) is 23.7 Å². The number of ether oxygens (including phenoxy) is 6. The summed E-state index contributed by atoms with van der Waals surface area (Å²) < 4.78 is 35.9. The highest BCUT2D eigenvalue weighted by Crippen LogP contribution is 2.28. The Morgan fingerprint density at radius 3 is 0.959 bits per heavy atom. The normalized spacial score (nSPS) is 14.8. The van der Waals surface area contributed by atoms with Crippen LogP contribution in [0.3, 0.4) is 0 Å². The third-order valence-electron chi connectivity index (χ3n) is 14.1. The molecule has 0 saturated heterocycles. The molecule has 8 unspecified atom stereocenters. The van der Waals surface area contributed by atoms with Crippen LogP contribution in [0.1, 0.15) is 274 Å². The van der Waals surface area contributed by atoms with Gasteiger partial charge in [-0.15, -0.1) is 0 Å². The van der Waals surface area contributed by atoms with Gasteiger partial charge >= 0.3 is 29.8 Å². The number of carbonyl (C=O) groups is 6. The van der Waals surface area contributed by atoms with E-state index < -0.39 is 83.7 Å². The van der Waals surface area contributed by atoms with Crippen LogP contribution in [0.5, 0.6) is 0 Å². The third kappa shape index (κ3) is 35.3. The minimum atomic E-state index is -2.00. The van der Waals surface area contributed by atoms with Gasteiger partial charge in [-0.05, 0) is 37.9 Å². The summed E-state index contributed by atoms with van der Waals surface area (Å²) in [5.74, 6) is -6.92. The Morgan fingerprint density at radius 2 is 0.644 bits per heavy atom. The number of thiol groups is 1. The van der Waals surface area contributed by atoms with Gasteiger partial charge in [0.2, 0.25) is 12.2 Å². The Kier molecular flexibility index (Phi) is 46.0. The second kappa shape index (κ2) is 47.8. The van der Waals surface area contributed by atoms with Crippen molar-refractivity contribution in [1.29, 1.82) is 0 Å². The van der Waals surface area contributed by atoms with Crippen LogP contribution in [0.4, 0.5) is 0 Å². The molecule has 0 aliphatic heterocycles. The molecular formula is C60H110O12S. The zero-order valence-corrected chi connectivity index (χ0v) is 49.0. The standard InChI is InChI=1S/C60H110O12S/c1-10-14-18-22-26-30-34-39-47(5)56(62)69-52(51(61)43-38-46-73)53(70-57(63)48(6)40-35-31-27-23-19-15-11-2)54(71-58(64)49(7)41-36-32-28-24-20-16-12-3)55(60(66)68-45-44-67-9)72-59(65)50(8)42-37-33-29-25-21-17-13-4/h47-50,52-55,73H,10-46H2,1-9H3. The quantitative estimate of drug-likeness (QED) is 0.0266. The second-order valence-corrected chi connectivity index (χ2v) is 21.7. The summed E-state index contributed by atoms with van der Waals surface area (Å²) in [5.41, 5.74) is 0. The van der Waals surface area contributed by atoms with Gasteiger partial charge in [0.15, 0.2) is 18.0 Å². The lowest BCUT2D eigenvalue weighted by Crippen LogP contribution is -2.57. The van der Waals surface area contributed by atoms with Crippen LogP contribution in [0.15, 0.2) is 0 Å². The summed E-state index contributed by atoms with van der Waals surface area (Å²) in [5, 5.41) is 0. The number of methoxy groups -OCH3 is 1. The van der Waals surface area contributed by atoms with Gasteiger partial charge in [0.25, 0.3) is 0 Å². The maximum absolute atomic E-state index is 14.6. The topological polar surface area (TPSA) is 158 Å². The van der Waals surface area contributed by atoms with E-state index in [0.29, 0.717) is 37.9 Å². The number of carbonyl (C=O) groups excluding carboxylic acids is 6. The van der Waals surface area contributed by atoms with Crippen LogP contribution in [-0.4, -0.2) is 86.1 Å². The fourth-order valence-corrected chi connectivity index (χ4v) is 9.11. The van der Waals surface area contributed by atoms with Gasteiger partial charge in [0.1, 0.15) is 6.61 Å². The number of hydrogen-bond donors (Lipinski definition) is 1. The van der Waals surface area contributed by atoms with E-state index in [1.54, 1.807) is 27.7 Å². The molecule has 0 radical (unpaired) electrons. The third-order valence-corrected chi connectivity index (χ3v) is 14.5. The second-order valence-electron chi connectivity index (χ2n) is 21.2. The SMILES string of the molecule is CCCCCCCCCC(C)C(=O)OC(C(=O)CCCS)C(OC(=O)C(C)CCCCCCCCC)C(OC(=O)C(C)CCCCCCCCC)C(OC(=O)C(C)CCCCCCCCC)C(=O)OCCOC. The van der Waals surface area contributed by atoms with E-state index in [-0.39, 0.29) is 19.6 Å². The maximum atomic E-state index is 14.6. The van der Waals surface area contributed by atoms with Crippen molar-refractivity contribution in [2.75, 3.05) is 26.1 Å². The molecule has 0 aliphatic rings.